The fraction of sp³-hybridized carbons (Fsp3) is 0.375. The number of carbonyl (C=O) groups excluding carboxylic acids is 1. The normalized spacial score (nSPS) is 17.8. The minimum atomic E-state index is 0.0160. The van der Waals surface area contributed by atoms with Crippen molar-refractivity contribution in [1.82, 2.24) is 14.8 Å². The summed E-state index contributed by atoms with van der Waals surface area (Å²) >= 11 is 0. The lowest BCUT2D eigenvalue weighted by atomic mass is 9.97. The molecule has 0 spiro atoms. The van der Waals surface area contributed by atoms with E-state index in [9.17, 15) is 15.3 Å². The van der Waals surface area contributed by atoms with Gasteiger partial charge in [-0.1, -0.05) is 24.3 Å². The first-order valence-corrected chi connectivity index (χ1v) is 13.9. The highest BCUT2D eigenvalue weighted by Gasteiger charge is 2.30. The second-order valence-electron chi connectivity index (χ2n) is 10.8. The zero-order valence-corrected chi connectivity index (χ0v) is 23.5. The Morgan fingerprint density at radius 2 is 1.65 bits per heavy atom. The largest absolute Gasteiger partial charge is 0.368 e. The lowest BCUT2D eigenvalue weighted by Gasteiger charge is -2.40. The van der Waals surface area contributed by atoms with Crippen molar-refractivity contribution in [3.63, 3.8) is 0 Å². The second-order valence-corrected chi connectivity index (χ2v) is 10.8. The lowest BCUT2D eigenvalue weighted by molar-refractivity contribution is 0.0672. The molecule has 1 atom stereocenters. The number of nitrogens with zero attached hydrogens (tertiary/aromatic N) is 7. The maximum absolute atomic E-state index is 13.8. The van der Waals surface area contributed by atoms with Crippen LogP contribution in [0.15, 0.2) is 54.6 Å². The smallest absolute Gasteiger partial charge is 0.254 e. The van der Waals surface area contributed by atoms with Crippen LogP contribution in [-0.4, -0.2) is 72.5 Å². The number of piperazine rings is 2. The number of rotatable bonds is 5. The number of anilines is 2. The predicted octanol–water partition coefficient (Wildman–Crippen LogP) is 4.11. The molecular weight excluding hydrogens is 498 g/mol. The Labute approximate surface area is 236 Å². The van der Waals surface area contributed by atoms with E-state index in [0.29, 0.717) is 25.3 Å². The van der Waals surface area contributed by atoms with E-state index in [4.69, 9.17) is 0 Å². The van der Waals surface area contributed by atoms with Gasteiger partial charge in [0.25, 0.3) is 5.91 Å². The number of aromatic nitrogens is 1. The number of hydrogen-bond acceptors (Lipinski definition) is 7. The van der Waals surface area contributed by atoms with Crippen LogP contribution < -0.4 is 9.80 Å². The lowest BCUT2D eigenvalue weighted by Crippen LogP contribution is -2.54. The highest BCUT2D eigenvalue weighted by molar-refractivity contribution is 5.96. The number of pyridine rings is 1. The van der Waals surface area contributed by atoms with E-state index in [-0.39, 0.29) is 11.9 Å². The van der Waals surface area contributed by atoms with Gasteiger partial charge in [0, 0.05) is 64.0 Å². The first kappa shape index (κ1) is 27.2. The van der Waals surface area contributed by atoms with Gasteiger partial charge in [-0.3, -0.25) is 9.69 Å². The summed E-state index contributed by atoms with van der Waals surface area (Å²) in [5.41, 5.74) is 6.28. The van der Waals surface area contributed by atoms with E-state index < -0.39 is 0 Å². The molecule has 2 fully saturated rings. The van der Waals surface area contributed by atoms with Crippen molar-refractivity contribution in [1.29, 1.82) is 10.5 Å². The number of benzene rings is 2. The maximum atomic E-state index is 13.8. The summed E-state index contributed by atoms with van der Waals surface area (Å²) < 4.78 is 0. The topological polar surface area (TPSA) is 90.5 Å². The van der Waals surface area contributed by atoms with Gasteiger partial charge in [0.05, 0.1) is 11.3 Å². The Bertz CT molecular complexity index is 1480. The predicted molar refractivity (Wildman–Crippen MR) is 156 cm³/mol. The molecule has 2 aliphatic heterocycles. The Kier molecular flexibility index (Phi) is 8.00. The highest BCUT2D eigenvalue weighted by Crippen LogP contribution is 2.25. The van der Waals surface area contributed by atoms with Crippen LogP contribution in [0, 0.1) is 36.5 Å². The maximum Gasteiger partial charge on any atom is 0.254 e. The van der Waals surface area contributed by atoms with Crippen LogP contribution in [0.4, 0.5) is 11.5 Å². The number of hydrogen-bond donors (Lipinski definition) is 0. The average Bonchev–Trinajstić information content (AvgIpc) is 2.98. The van der Waals surface area contributed by atoms with Crippen LogP contribution in [0.2, 0.25) is 0 Å². The van der Waals surface area contributed by atoms with Crippen molar-refractivity contribution in [2.75, 3.05) is 55.6 Å². The van der Waals surface area contributed by atoms with Crippen LogP contribution in [0.1, 0.15) is 45.2 Å². The van der Waals surface area contributed by atoms with Crippen molar-refractivity contribution in [2.24, 2.45) is 0 Å². The number of amides is 1. The van der Waals surface area contributed by atoms with E-state index in [0.717, 1.165) is 60.9 Å². The van der Waals surface area contributed by atoms with Gasteiger partial charge in [-0.2, -0.15) is 10.5 Å². The third-order valence-corrected chi connectivity index (χ3v) is 8.11. The molecule has 0 radical (unpaired) electrons. The molecule has 8 heteroatoms. The molecule has 2 saturated heterocycles. The molecule has 0 aliphatic carbocycles. The number of carbonyl (C=O) groups is 1. The quantitative estimate of drug-likeness (QED) is 0.487. The van der Waals surface area contributed by atoms with E-state index in [1.54, 1.807) is 6.07 Å². The Hall–Kier alpha value is -4.40. The van der Waals surface area contributed by atoms with Gasteiger partial charge in [-0.15, -0.1) is 0 Å². The zero-order chi connectivity index (χ0) is 28.2. The summed E-state index contributed by atoms with van der Waals surface area (Å²) in [7, 11) is 0. The molecule has 2 aromatic carbocycles. The SMILES string of the molecule is Cc1cc(C)c(C(=O)N2CCN(c3cccc(C#N)n3)C[C@@H]2C)cc1CN1CCN(c2ccccc2C#N)CC1. The molecule has 40 heavy (non-hydrogen) atoms. The van der Waals surface area contributed by atoms with Crippen LogP contribution in [0.25, 0.3) is 0 Å². The third kappa shape index (κ3) is 5.64. The van der Waals surface area contributed by atoms with Gasteiger partial charge < -0.3 is 14.7 Å². The number of para-hydroxylation sites is 1. The minimum Gasteiger partial charge on any atom is -0.368 e. The zero-order valence-electron chi connectivity index (χ0n) is 23.5. The fourth-order valence-corrected chi connectivity index (χ4v) is 5.81. The number of nitriles is 2. The molecule has 8 nitrogen and oxygen atoms in total. The van der Waals surface area contributed by atoms with Crippen molar-refractivity contribution < 1.29 is 4.79 Å². The number of aryl methyl sites for hydroxylation is 2. The molecule has 0 bridgehead atoms. The van der Waals surface area contributed by atoms with E-state index in [2.05, 4.69) is 57.8 Å². The molecule has 0 N–H and O–H groups in total. The van der Waals surface area contributed by atoms with Gasteiger partial charge in [-0.05, 0) is 67.8 Å². The minimum absolute atomic E-state index is 0.0160. The van der Waals surface area contributed by atoms with Crippen LogP contribution in [0.3, 0.4) is 0 Å². The molecule has 3 heterocycles. The first-order chi connectivity index (χ1) is 19.4. The standard InChI is InChI=1S/C32H35N7O/c1-23-17-24(2)29(32(40)39-16-15-38(21-25(39)3)31-10-6-8-28(20-34)35-31)18-27(23)22-36-11-13-37(14-12-36)30-9-5-4-7-26(30)19-33/h4-10,17-18,25H,11-16,21-22H2,1-3H3/t25-/m0/s1. The summed E-state index contributed by atoms with van der Waals surface area (Å²) in [4.78, 5) is 27.1. The van der Waals surface area contributed by atoms with Gasteiger partial charge in [0.2, 0.25) is 0 Å². The summed E-state index contributed by atoms with van der Waals surface area (Å²) in [5.74, 6) is 0.852. The van der Waals surface area contributed by atoms with E-state index in [1.807, 2.05) is 48.2 Å². The monoisotopic (exact) mass is 533 g/mol. The van der Waals surface area contributed by atoms with Crippen molar-refractivity contribution in [2.45, 2.75) is 33.4 Å². The Morgan fingerprint density at radius 3 is 2.38 bits per heavy atom. The fourth-order valence-electron chi connectivity index (χ4n) is 5.81. The Morgan fingerprint density at radius 1 is 0.900 bits per heavy atom. The molecule has 5 rings (SSSR count). The van der Waals surface area contributed by atoms with E-state index >= 15 is 0 Å². The average molecular weight is 534 g/mol. The van der Waals surface area contributed by atoms with Crippen LogP contribution in [-0.2, 0) is 6.54 Å². The Balaban J connectivity index is 1.25. The van der Waals surface area contributed by atoms with Gasteiger partial charge >= 0.3 is 0 Å². The molecular formula is C32H35N7O. The molecule has 3 aromatic rings. The summed E-state index contributed by atoms with van der Waals surface area (Å²) in [6, 6.07) is 21.9. The van der Waals surface area contributed by atoms with Crippen LogP contribution in [0.5, 0.6) is 0 Å². The third-order valence-electron chi connectivity index (χ3n) is 8.11. The first-order valence-electron chi connectivity index (χ1n) is 13.9. The van der Waals surface area contributed by atoms with Gasteiger partial charge in [0.15, 0.2) is 0 Å². The molecule has 0 saturated carbocycles. The van der Waals surface area contributed by atoms with Gasteiger partial charge in [-0.25, -0.2) is 4.98 Å². The molecule has 0 unspecified atom stereocenters. The summed E-state index contributed by atoms with van der Waals surface area (Å²) in [6.07, 6.45) is 0. The van der Waals surface area contributed by atoms with Crippen LogP contribution >= 0.6 is 0 Å². The van der Waals surface area contributed by atoms with Crippen molar-refractivity contribution in [3.8, 4) is 12.1 Å². The summed E-state index contributed by atoms with van der Waals surface area (Å²) in [6.45, 7) is 12.5. The summed E-state index contributed by atoms with van der Waals surface area (Å²) in [5, 5.41) is 18.7. The van der Waals surface area contributed by atoms with E-state index in [1.165, 1.54) is 11.1 Å². The molecule has 204 valence electrons. The highest BCUT2D eigenvalue weighted by atomic mass is 16.2. The molecule has 1 amide bonds. The van der Waals surface area contributed by atoms with Crippen molar-refractivity contribution in [3.05, 3.63) is 88.1 Å². The van der Waals surface area contributed by atoms with Gasteiger partial charge in [0.1, 0.15) is 23.7 Å². The molecule has 1 aromatic heterocycles. The second kappa shape index (κ2) is 11.8. The van der Waals surface area contributed by atoms with Crippen molar-refractivity contribution >= 4 is 17.4 Å². The molecule has 2 aliphatic rings.